The molecule has 0 atom stereocenters. The van der Waals surface area contributed by atoms with Gasteiger partial charge in [0.2, 0.25) is 0 Å². The fourth-order valence-corrected chi connectivity index (χ4v) is 2.23. The van der Waals surface area contributed by atoms with Crippen molar-refractivity contribution in [3.8, 4) is 0 Å². The molecule has 0 spiro atoms. The first kappa shape index (κ1) is 16.4. The number of benzene rings is 1. The fourth-order valence-electron chi connectivity index (χ4n) is 2.23. The van der Waals surface area contributed by atoms with Crippen LogP contribution in [0.1, 0.15) is 61.2 Å². The number of rotatable bonds is 5. The van der Waals surface area contributed by atoms with E-state index in [0.717, 1.165) is 29.5 Å². The topological polar surface area (TPSA) is 17.1 Å². The maximum atomic E-state index is 11.8. The molecular weight excluding hydrogens is 244 g/mol. The number of Topliss-reactive ketones (excluding diaryl/α,β-unsaturated/α-hetero) is 1. The summed E-state index contributed by atoms with van der Waals surface area (Å²) in [6.45, 7) is 16.4. The summed E-state index contributed by atoms with van der Waals surface area (Å²) in [5, 5.41) is 0. The zero-order valence-corrected chi connectivity index (χ0v) is 13.7. The van der Waals surface area contributed by atoms with Crippen LogP contribution in [0.15, 0.2) is 35.4 Å². The summed E-state index contributed by atoms with van der Waals surface area (Å²) in [6.07, 6.45) is 1.69. The van der Waals surface area contributed by atoms with Crippen molar-refractivity contribution in [1.29, 1.82) is 0 Å². The van der Waals surface area contributed by atoms with Gasteiger partial charge in [-0.05, 0) is 77.1 Å². The molecule has 0 amide bonds. The molecule has 0 saturated heterocycles. The van der Waals surface area contributed by atoms with Gasteiger partial charge in [0.1, 0.15) is 0 Å². The number of hydrogen-bond donors (Lipinski definition) is 0. The van der Waals surface area contributed by atoms with Gasteiger partial charge in [0.05, 0.1) is 0 Å². The molecule has 0 fully saturated rings. The second-order valence-corrected chi connectivity index (χ2v) is 6.03. The molecule has 0 heterocycles. The third-order valence-corrected chi connectivity index (χ3v) is 3.91. The molecule has 0 unspecified atom stereocenters. The quantitative estimate of drug-likeness (QED) is 0.520. The lowest BCUT2D eigenvalue weighted by atomic mass is 9.91. The van der Waals surface area contributed by atoms with E-state index in [1.165, 1.54) is 22.3 Å². The third kappa shape index (κ3) is 4.19. The van der Waals surface area contributed by atoms with Gasteiger partial charge in [-0.15, -0.1) is 0 Å². The van der Waals surface area contributed by atoms with Crippen LogP contribution < -0.4 is 0 Å². The predicted molar refractivity (Wildman–Crippen MR) is 87.4 cm³/mol. The van der Waals surface area contributed by atoms with E-state index in [4.69, 9.17) is 0 Å². The average molecular weight is 270 g/mol. The van der Waals surface area contributed by atoms with Crippen molar-refractivity contribution < 1.29 is 4.79 Å². The Balaban J connectivity index is 3.03. The number of carbonyl (C=O) groups is 1. The highest BCUT2D eigenvalue weighted by Gasteiger charge is 2.11. The Labute approximate surface area is 123 Å². The van der Waals surface area contributed by atoms with Crippen LogP contribution in [-0.2, 0) is 6.42 Å². The molecule has 0 aliphatic carbocycles. The van der Waals surface area contributed by atoms with Crippen molar-refractivity contribution in [2.45, 2.75) is 54.4 Å². The van der Waals surface area contributed by atoms with Crippen LogP contribution in [0, 0.1) is 13.8 Å². The van der Waals surface area contributed by atoms with Gasteiger partial charge in [-0.3, -0.25) is 4.79 Å². The summed E-state index contributed by atoms with van der Waals surface area (Å²) in [4.78, 5) is 11.8. The van der Waals surface area contributed by atoms with Gasteiger partial charge in [-0.2, -0.15) is 0 Å². The maximum absolute atomic E-state index is 11.8. The van der Waals surface area contributed by atoms with E-state index in [2.05, 4.69) is 40.3 Å². The highest BCUT2D eigenvalue weighted by atomic mass is 16.1. The van der Waals surface area contributed by atoms with Crippen molar-refractivity contribution >= 4 is 5.78 Å². The fraction of sp³-hybridized carbons (Fsp3) is 0.421. The van der Waals surface area contributed by atoms with Gasteiger partial charge >= 0.3 is 0 Å². The zero-order valence-electron chi connectivity index (χ0n) is 13.7. The van der Waals surface area contributed by atoms with Crippen LogP contribution in [0.2, 0.25) is 0 Å². The van der Waals surface area contributed by atoms with Crippen LogP contribution in [-0.4, -0.2) is 5.78 Å². The summed E-state index contributed by atoms with van der Waals surface area (Å²) in [5.41, 5.74) is 8.22. The van der Waals surface area contributed by atoms with E-state index in [-0.39, 0.29) is 5.78 Å². The second-order valence-electron chi connectivity index (χ2n) is 6.03. The molecule has 1 aromatic carbocycles. The van der Waals surface area contributed by atoms with Crippen LogP contribution in [0.25, 0.3) is 0 Å². The number of carbonyl (C=O) groups excluding carboxylic acids is 1. The monoisotopic (exact) mass is 270 g/mol. The van der Waals surface area contributed by atoms with Crippen molar-refractivity contribution in [1.82, 2.24) is 0 Å². The smallest absolute Gasteiger partial charge is 0.160 e. The molecule has 1 heteroatoms. The highest BCUT2D eigenvalue weighted by molar-refractivity contribution is 5.96. The lowest BCUT2D eigenvalue weighted by Crippen LogP contribution is -2.03. The Kier molecular flexibility index (Phi) is 5.50. The average Bonchev–Trinajstić information content (AvgIpc) is 2.32. The lowest BCUT2D eigenvalue weighted by molar-refractivity contribution is 0.101. The molecule has 0 radical (unpaired) electrons. The minimum absolute atomic E-state index is 0.134. The Morgan fingerprint density at radius 1 is 1.05 bits per heavy atom. The van der Waals surface area contributed by atoms with Gasteiger partial charge in [0.15, 0.2) is 5.78 Å². The molecule has 1 aromatic rings. The summed E-state index contributed by atoms with van der Waals surface area (Å²) in [5.74, 6) is 0.134. The first-order valence-corrected chi connectivity index (χ1v) is 7.13. The first-order chi connectivity index (χ1) is 9.22. The molecule has 0 aliphatic heterocycles. The Bertz CT molecular complexity index is 570. The van der Waals surface area contributed by atoms with Crippen molar-refractivity contribution in [2.24, 2.45) is 0 Å². The van der Waals surface area contributed by atoms with Crippen LogP contribution in [0.4, 0.5) is 0 Å². The first-order valence-electron chi connectivity index (χ1n) is 7.13. The van der Waals surface area contributed by atoms with Crippen LogP contribution in [0.5, 0.6) is 0 Å². The van der Waals surface area contributed by atoms with E-state index in [1.807, 2.05) is 13.0 Å². The van der Waals surface area contributed by atoms with E-state index in [9.17, 15) is 4.79 Å². The normalized spacial score (nSPS) is 10.3. The molecule has 20 heavy (non-hydrogen) atoms. The summed E-state index contributed by atoms with van der Waals surface area (Å²) in [6, 6.07) is 4.14. The second kappa shape index (κ2) is 6.69. The van der Waals surface area contributed by atoms with E-state index in [1.54, 1.807) is 6.92 Å². The summed E-state index contributed by atoms with van der Waals surface area (Å²) >= 11 is 0. The van der Waals surface area contributed by atoms with E-state index in [0.29, 0.717) is 0 Å². The molecule has 0 aliphatic rings. The highest BCUT2D eigenvalue weighted by Crippen LogP contribution is 2.22. The van der Waals surface area contributed by atoms with Crippen molar-refractivity contribution in [3.05, 3.63) is 57.7 Å². The lowest BCUT2D eigenvalue weighted by Gasteiger charge is -2.13. The molecule has 1 nitrogen and oxygen atoms in total. The largest absolute Gasteiger partial charge is 0.295 e. The molecular formula is C19H26O. The molecule has 1 rings (SSSR count). The Morgan fingerprint density at radius 2 is 1.60 bits per heavy atom. The molecule has 0 N–H and O–H groups in total. The van der Waals surface area contributed by atoms with Gasteiger partial charge in [-0.25, -0.2) is 0 Å². The maximum Gasteiger partial charge on any atom is 0.160 e. The van der Waals surface area contributed by atoms with E-state index < -0.39 is 0 Å². The van der Waals surface area contributed by atoms with E-state index >= 15 is 0 Å². The minimum atomic E-state index is 0.134. The molecule has 0 saturated carbocycles. The van der Waals surface area contributed by atoms with Gasteiger partial charge in [-0.1, -0.05) is 29.4 Å². The van der Waals surface area contributed by atoms with Gasteiger partial charge in [0, 0.05) is 5.56 Å². The zero-order chi connectivity index (χ0) is 15.4. The molecule has 0 bridgehead atoms. The molecule has 108 valence electrons. The summed E-state index contributed by atoms with van der Waals surface area (Å²) in [7, 11) is 0. The summed E-state index contributed by atoms with van der Waals surface area (Å²) < 4.78 is 0. The van der Waals surface area contributed by atoms with Gasteiger partial charge in [0.25, 0.3) is 0 Å². The molecule has 0 aromatic heterocycles. The Hall–Kier alpha value is -1.63. The standard InChI is InChI=1S/C19H26O/c1-12(2)14(4)8-13(3)9-18-10-15(5)16(6)11-19(18)17(7)20/h10-11H,3,8-9H2,1-2,4-7H3. The van der Waals surface area contributed by atoms with Crippen LogP contribution in [0.3, 0.4) is 0 Å². The number of allylic oxidation sites excluding steroid dienone is 3. The van der Waals surface area contributed by atoms with Crippen molar-refractivity contribution in [3.63, 3.8) is 0 Å². The number of aryl methyl sites for hydroxylation is 2. The van der Waals surface area contributed by atoms with Gasteiger partial charge < -0.3 is 0 Å². The number of hydrogen-bond acceptors (Lipinski definition) is 1. The Morgan fingerprint density at radius 3 is 2.10 bits per heavy atom. The van der Waals surface area contributed by atoms with Crippen LogP contribution >= 0.6 is 0 Å². The number of ketones is 1. The minimum Gasteiger partial charge on any atom is -0.295 e. The SMILES string of the molecule is C=C(CC(C)=C(C)C)Cc1cc(C)c(C)cc1C(C)=O. The van der Waals surface area contributed by atoms with Crippen molar-refractivity contribution in [2.75, 3.05) is 0 Å². The predicted octanol–water partition coefficient (Wildman–Crippen LogP) is 5.35. The third-order valence-electron chi connectivity index (χ3n) is 3.91.